The van der Waals surface area contributed by atoms with Crippen molar-refractivity contribution >= 4 is 43.9 Å². The van der Waals surface area contributed by atoms with Crippen LogP contribution in [0.1, 0.15) is 11.1 Å². The number of halogens is 5. The molecule has 0 aliphatic heterocycles. The lowest BCUT2D eigenvalue weighted by Crippen LogP contribution is -2.36. The Kier molecular flexibility index (Phi) is 5.89. The fraction of sp³-hybridized carbons (Fsp3) is 0.200. The van der Waals surface area contributed by atoms with Gasteiger partial charge in [-0.1, -0.05) is 0 Å². The molecule has 0 N–H and O–H groups in total. The number of rotatable bonds is 4. The van der Waals surface area contributed by atoms with Crippen molar-refractivity contribution in [3.63, 3.8) is 0 Å². The number of thiophene rings is 1. The van der Waals surface area contributed by atoms with Gasteiger partial charge in [-0.05, 0) is 29.0 Å². The number of hydrogen-bond donors (Lipinski definition) is 0. The first-order valence-electron chi connectivity index (χ1n) is 9.32. The molecule has 0 unspecified atom stereocenters. The average molecular weight is 515 g/mol. The van der Waals surface area contributed by atoms with Crippen LogP contribution in [0.3, 0.4) is 0 Å². The van der Waals surface area contributed by atoms with Gasteiger partial charge < -0.3 is 5.11 Å². The maximum Gasteiger partial charge on any atom is 0.422 e. The van der Waals surface area contributed by atoms with E-state index in [9.17, 15) is 36.6 Å². The number of hydrogen-bond acceptors (Lipinski definition) is 7. The van der Waals surface area contributed by atoms with E-state index in [-0.39, 0.29) is 22.6 Å². The first kappa shape index (κ1) is 23.8. The Balaban J connectivity index is 1.67. The second kappa shape index (κ2) is 8.43. The zero-order valence-electron chi connectivity index (χ0n) is 17.2. The fourth-order valence-electron chi connectivity index (χ4n) is 3.31. The molecule has 0 fully saturated rings. The lowest BCUT2D eigenvalue weighted by Gasteiger charge is -2.11. The SMILES string of the molecule is Cn1c(=O)c2c(C/C([O-])=N/c3nc(-c4ccc(F)c(C(F)(F)F)c4F)cs3)csc2n(C)c1=O. The Morgan fingerprint density at radius 3 is 2.50 bits per heavy atom. The minimum absolute atomic E-state index is 0.155. The second-order valence-electron chi connectivity index (χ2n) is 7.13. The second-order valence-corrected chi connectivity index (χ2v) is 8.82. The van der Waals surface area contributed by atoms with E-state index in [4.69, 9.17) is 0 Å². The number of aromatic nitrogens is 3. The van der Waals surface area contributed by atoms with Gasteiger partial charge in [-0.2, -0.15) is 13.2 Å². The molecule has 178 valence electrons. The van der Waals surface area contributed by atoms with Gasteiger partial charge in [-0.15, -0.1) is 22.7 Å². The average Bonchev–Trinajstić information content (AvgIpc) is 3.37. The van der Waals surface area contributed by atoms with Gasteiger partial charge in [-0.3, -0.25) is 13.9 Å². The molecule has 4 aromatic rings. The molecule has 0 amide bonds. The molecule has 34 heavy (non-hydrogen) atoms. The summed E-state index contributed by atoms with van der Waals surface area (Å²) < 4.78 is 69.0. The van der Waals surface area contributed by atoms with Crippen LogP contribution in [-0.4, -0.2) is 20.0 Å². The molecule has 0 aliphatic carbocycles. The smallest absolute Gasteiger partial charge is 0.422 e. The van der Waals surface area contributed by atoms with E-state index < -0.39 is 46.1 Å². The highest BCUT2D eigenvalue weighted by Crippen LogP contribution is 2.38. The van der Waals surface area contributed by atoms with Crippen LogP contribution in [-0.2, 0) is 26.7 Å². The number of nitrogens with zero attached hydrogens (tertiary/aromatic N) is 4. The maximum absolute atomic E-state index is 14.4. The molecule has 3 heterocycles. The molecule has 1 aromatic carbocycles. The zero-order valence-corrected chi connectivity index (χ0v) is 18.9. The van der Waals surface area contributed by atoms with E-state index in [2.05, 4.69) is 9.98 Å². The third-order valence-electron chi connectivity index (χ3n) is 4.95. The Bertz CT molecular complexity index is 1580. The van der Waals surface area contributed by atoms with Gasteiger partial charge in [0.05, 0.1) is 11.1 Å². The molecule has 0 aliphatic rings. The van der Waals surface area contributed by atoms with Crippen molar-refractivity contribution in [2.24, 2.45) is 19.1 Å². The highest BCUT2D eigenvalue weighted by atomic mass is 32.1. The van der Waals surface area contributed by atoms with Gasteiger partial charge in [0.15, 0.2) is 0 Å². The molecule has 0 atom stereocenters. The van der Waals surface area contributed by atoms with Crippen LogP contribution in [0.15, 0.2) is 37.5 Å². The van der Waals surface area contributed by atoms with Gasteiger partial charge in [0, 0.05) is 31.5 Å². The summed E-state index contributed by atoms with van der Waals surface area (Å²) >= 11 is 1.89. The van der Waals surface area contributed by atoms with Crippen molar-refractivity contribution in [3.05, 3.63) is 66.5 Å². The molecule has 0 spiro atoms. The van der Waals surface area contributed by atoms with E-state index in [1.54, 1.807) is 5.38 Å². The standard InChI is InChI=1S/C20H13F5N4O3S2/c1-28-16(31)13-8(6-33-17(13)29(2)19(28)32)5-12(30)27-18-26-11(7-34-18)9-3-4-10(21)14(15(9)22)20(23,24)25/h3-4,6-7H,5H2,1-2H3,(H,26,27,30)/p-1. The van der Waals surface area contributed by atoms with Crippen molar-refractivity contribution in [2.45, 2.75) is 12.6 Å². The van der Waals surface area contributed by atoms with Gasteiger partial charge >= 0.3 is 11.9 Å². The Morgan fingerprint density at radius 1 is 1.12 bits per heavy atom. The molecule has 3 aromatic heterocycles. The number of thiazole rings is 1. The normalized spacial score (nSPS) is 12.6. The van der Waals surface area contributed by atoms with Crippen molar-refractivity contribution < 1.29 is 27.1 Å². The molecule has 0 saturated heterocycles. The summed E-state index contributed by atoms with van der Waals surface area (Å²) in [6, 6.07) is 1.30. The van der Waals surface area contributed by atoms with Crippen molar-refractivity contribution in [2.75, 3.05) is 0 Å². The highest BCUT2D eigenvalue weighted by molar-refractivity contribution is 7.17. The monoisotopic (exact) mass is 515 g/mol. The van der Waals surface area contributed by atoms with Crippen LogP contribution < -0.4 is 16.4 Å². The highest BCUT2D eigenvalue weighted by Gasteiger charge is 2.39. The molecule has 0 radical (unpaired) electrons. The summed E-state index contributed by atoms with van der Waals surface area (Å²) in [6.45, 7) is 0. The van der Waals surface area contributed by atoms with E-state index in [0.717, 1.165) is 33.3 Å². The lowest BCUT2D eigenvalue weighted by molar-refractivity contribution is -0.217. The van der Waals surface area contributed by atoms with Gasteiger partial charge in [0.1, 0.15) is 22.0 Å². The quantitative estimate of drug-likeness (QED) is 0.237. The van der Waals surface area contributed by atoms with Crippen LogP contribution in [0, 0.1) is 11.6 Å². The first-order chi connectivity index (χ1) is 15.9. The summed E-state index contributed by atoms with van der Waals surface area (Å²) in [5, 5.41) is 15.3. The van der Waals surface area contributed by atoms with Crippen LogP contribution >= 0.6 is 22.7 Å². The molecule has 0 saturated carbocycles. The number of benzene rings is 1. The van der Waals surface area contributed by atoms with Crippen LogP contribution in [0.4, 0.5) is 27.1 Å². The third-order valence-corrected chi connectivity index (χ3v) is 6.79. The summed E-state index contributed by atoms with van der Waals surface area (Å²) in [5.74, 6) is -4.29. The third kappa shape index (κ3) is 4.03. The van der Waals surface area contributed by atoms with Crippen LogP contribution in [0.5, 0.6) is 0 Å². The molecule has 14 heteroatoms. The summed E-state index contributed by atoms with van der Waals surface area (Å²) in [4.78, 5) is 32.6. The predicted octanol–water partition coefficient (Wildman–Crippen LogP) is 3.35. The summed E-state index contributed by atoms with van der Waals surface area (Å²) in [6.07, 6.45) is -5.54. The Morgan fingerprint density at radius 2 is 1.82 bits per heavy atom. The van der Waals surface area contributed by atoms with E-state index in [0.29, 0.717) is 16.5 Å². The molecule has 7 nitrogen and oxygen atoms in total. The minimum atomic E-state index is -5.24. The lowest BCUT2D eigenvalue weighted by atomic mass is 10.1. The zero-order chi connectivity index (χ0) is 24.9. The van der Waals surface area contributed by atoms with Crippen molar-refractivity contribution in [3.8, 4) is 11.3 Å². The minimum Gasteiger partial charge on any atom is -0.861 e. The number of aryl methyl sites for hydroxylation is 1. The van der Waals surface area contributed by atoms with Crippen LogP contribution in [0.2, 0.25) is 0 Å². The predicted molar refractivity (Wildman–Crippen MR) is 116 cm³/mol. The van der Waals surface area contributed by atoms with Gasteiger partial charge in [0.25, 0.3) is 5.56 Å². The molecular weight excluding hydrogens is 503 g/mol. The van der Waals surface area contributed by atoms with Gasteiger partial charge in [0.2, 0.25) is 5.13 Å². The Hall–Kier alpha value is -3.39. The van der Waals surface area contributed by atoms with Gasteiger partial charge in [-0.25, -0.2) is 23.6 Å². The largest absolute Gasteiger partial charge is 0.861 e. The number of aliphatic imine (C=N–C) groups is 1. The molecular formula is C20H12F5N4O3S2-. The first-order valence-corrected chi connectivity index (χ1v) is 11.1. The maximum atomic E-state index is 14.4. The summed E-state index contributed by atoms with van der Waals surface area (Å²) in [5.41, 5.74) is -3.60. The fourth-order valence-corrected chi connectivity index (χ4v) is 5.04. The number of fused-ring (bicyclic) bond motifs is 1. The summed E-state index contributed by atoms with van der Waals surface area (Å²) in [7, 11) is 2.81. The van der Waals surface area contributed by atoms with E-state index in [1.165, 1.54) is 24.0 Å². The van der Waals surface area contributed by atoms with Crippen molar-refractivity contribution in [1.82, 2.24) is 14.1 Å². The van der Waals surface area contributed by atoms with E-state index >= 15 is 0 Å². The molecule has 0 bridgehead atoms. The number of alkyl halides is 3. The topological polar surface area (TPSA) is 92.3 Å². The van der Waals surface area contributed by atoms with Crippen molar-refractivity contribution in [1.29, 1.82) is 0 Å². The Labute approximate surface area is 194 Å². The van der Waals surface area contributed by atoms with E-state index in [1.807, 2.05) is 0 Å². The molecule has 4 rings (SSSR count). The van der Waals surface area contributed by atoms with Crippen LogP contribution in [0.25, 0.3) is 21.5 Å².